The maximum Gasteiger partial charge on any atom is 0.418 e. The third kappa shape index (κ3) is 4.91. The Balaban J connectivity index is 1.88. The summed E-state index contributed by atoms with van der Waals surface area (Å²) in [7, 11) is -4.85. The second-order valence-electron chi connectivity index (χ2n) is 5.53. The first-order valence-electron chi connectivity index (χ1n) is 7.23. The van der Waals surface area contributed by atoms with Crippen LogP contribution in [0.15, 0.2) is 0 Å². The molecule has 0 aromatic heterocycles. The first-order valence-corrected chi connectivity index (χ1v) is 8.59. The zero-order valence-electron chi connectivity index (χ0n) is 13.2. The number of amides is 4. The highest BCUT2D eigenvalue weighted by Gasteiger charge is 2.49. The van der Waals surface area contributed by atoms with Crippen LogP contribution in [0.25, 0.3) is 0 Å². The number of fused-ring (bicyclic) bond motifs is 2. The Morgan fingerprint density at radius 3 is 2.72 bits per heavy atom. The van der Waals surface area contributed by atoms with Crippen molar-refractivity contribution in [2.24, 2.45) is 5.73 Å². The Bertz CT molecular complexity index is 654. The summed E-state index contributed by atoms with van der Waals surface area (Å²) in [4.78, 5) is 40.8. The molecule has 25 heavy (non-hydrogen) atoms. The van der Waals surface area contributed by atoms with Crippen molar-refractivity contribution in [1.82, 2.24) is 15.4 Å². The number of carbonyl (C=O) groups excluding carboxylic acids is 3. The van der Waals surface area contributed by atoms with E-state index in [4.69, 9.17) is 15.1 Å². The fraction of sp³-hybridized carbons (Fsp3) is 0.727. The van der Waals surface area contributed by atoms with E-state index in [9.17, 15) is 22.8 Å². The zero-order chi connectivity index (χ0) is 18.8. The molecule has 0 aliphatic carbocycles. The van der Waals surface area contributed by atoms with Crippen LogP contribution >= 0.6 is 0 Å². The molecule has 0 radical (unpaired) electrons. The maximum absolute atomic E-state index is 12.1. The van der Waals surface area contributed by atoms with Gasteiger partial charge in [0, 0.05) is 6.54 Å². The minimum atomic E-state index is -4.85. The lowest BCUT2D eigenvalue weighted by Crippen LogP contribution is -2.50. The molecule has 0 aromatic carbocycles. The summed E-state index contributed by atoms with van der Waals surface area (Å²) >= 11 is 0. The van der Waals surface area contributed by atoms with E-state index < -0.39 is 46.6 Å². The topological polar surface area (TPSA) is 178 Å². The van der Waals surface area contributed by atoms with E-state index in [0.717, 1.165) is 4.90 Å². The molecule has 4 amide bonds. The molecule has 13 nitrogen and oxygen atoms in total. The largest absolute Gasteiger partial charge is 0.444 e. The molecule has 142 valence electrons. The fourth-order valence-electron chi connectivity index (χ4n) is 2.63. The van der Waals surface area contributed by atoms with Gasteiger partial charge in [-0.1, -0.05) is 0 Å². The average Bonchev–Trinajstić information content (AvgIpc) is 2.70. The van der Waals surface area contributed by atoms with Crippen molar-refractivity contribution in [1.29, 1.82) is 0 Å². The van der Waals surface area contributed by atoms with Crippen LogP contribution in [-0.4, -0.2) is 72.3 Å². The molecule has 2 aliphatic rings. The molecule has 2 bridgehead atoms. The lowest BCUT2D eigenvalue weighted by molar-refractivity contribution is -0.140. The van der Waals surface area contributed by atoms with Crippen LogP contribution in [0.3, 0.4) is 0 Å². The molecule has 14 heteroatoms. The molecule has 2 saturated heterocycles. The van der Waals surface area contributed by atoms with E-state index in [1.165, 1.54) is 6.92 Å². The number of carbonyl (C=O) groups is 3. The minimum absolute atomic E-state index is 0.0631. The highest BCUT2D eigenvalue weighted by Crippen LogP contribution is 2.30. The molecular weight excluding hydrogens is 364 g/mol. The third-order valence-electron chi connectivity index (χ3n) is 3.61. The Morgan fingerprint density at radius 2 is 2.12 bits per heavy atom. The van der Waals surface area contributed by atoms with Crippen LogP contribution in [0.5, 0.6) is 0 Å². The van der Waals surface area contributed by atoms with E-state index in [0.29, 0.717) is 5.06 Å². The van der Waals surface area contributed by atoms with Crippen molar-refractivity contribution in [2.45, 2.75) is 38.0 Å². The number of nitrogens with two attached hydrogens (primary N) is 1. The number of hydroxylamine groups is 3. The number of urea groups is 1. The molecule has 4 N–H and O–H groups in total. The second-order valence-corrected chi connectivity index (χ2v) is 6.54. The molecule has 0 saturated carbocycles. The Hall–Kier alpha value is -2.16. The molecule has 2 aliphatic heterocycles. The van der Waals surface area contributed by atoms with Crippen LogP contribution in [-0.2, 0) is 29.1 Å². The minimum Gasteiger partial charge on any atom is -0.444 e. The van der Waals surface area contributed by atoms with Crippen molar-refractivity contribution in [3.05, 3.63) is 0 Å². The number of primary amides is 1. The summed E-state index contributed by atoms with van der Waals surface area (Å²) in [6.45, 7) is 1.40. The second kappa shape index (κ2) is 7.38. The van der Waals surface area contributed by atoms with Crippen molar-refractivity contribution in [3.8, 4) is 0 Å². The van der Waals surface area contributed by atoms with Gasteiger partial charge in [0.05, 0.1) is 6.04 Å². The van der Waals surface area contributed by atoms with E-state index >= 15 is 0 Å². The van der Waals surface area contributed by atoms with Gasteiger partial charge in [0.25, 0.3) is 5.91 Å². The van der Waals surface area contributed by atoms with E-state index in [1.54, 1.807) is 0 Å². The zero-order valence-corrected chi connectivity index (χ0v) is 14.0. The molecule has 3 atom stereocenters. The Morgan fingerprint density at radius 1 is 1.44 bits per heavy atom. The smallest absolute Gasteiger partial charge is 0.418 e. The predicted octanol–water partition coefficient (Wildman–Crippen LogP) is -1.48. The summed E-state index contributed by atoms with van der Waals surface area (Å²) < 4.78 is 39.2. The SMILES string of the molecule is C[C@@H](CONC(=O)[C@@H]1CC[C@@H]2CN1C(=O)N2OS(=O)(=O)O)OC(N)=O. The molecule has 2 rings (SSSR count). The number of hydrogen-bond donors (Lipinski definition) is 3. The summed E-state index contributed by atoms with van der Waals surface area (Å²) in [5.74, 6) is -0.633. The van der Waals surface area contributed by atoms with Crippen molar-refractivity contribution in [3.63, 3.8) is 0 Å². The summed E-state index contributed by atoms with van der Waals surface area (Å²) in [6.07, 6.45) is -1.15. The van der Waals surface area contributed by atoms with Gasteiger partial charge < -0.3 is 15.4 Å². The predicted molar refractivity (Wildman–Crippen MR) is 77.6 cm³/mol. The number of hydrogen-bond acceptors (Lipinski definition) is 8. The lowest BCUT2D eigenvalue weighted by Gasteiger charge is -2.29. The lowest BCUT2D eigenvalue weighted by atomic mass is 10.0. The fourth-order valence-corrected chi connectivity index (χ4v) is 3.02. The van der Waals surface area contributed by atoms with Crippen LogP contribution in [0.2, 0.25) is 0 Å². The molecule has 0 unspecified atom stereocenters. The standard InChI is InChI=1S/C11H18N4O9S/c1-6(23-10(12)17)5-22-13-9(16)8-3-2-7-4-14(8)11(18)15(7)24-25(19,20)21/h6-8H,2-5H2,1H3,(H2,12,17)(H,13,16)(H,19,20,21)/t6-,7+,8-/m0/s1. The quantitative estimate of drug-likeness (QED) is 0.350. The number of ether oxygens (including phenoxy) is 1. The van der Waals surface area contributed by atoms with Gasteiger partial charge in [-0.25, -0.2) is 15.1 Å². The van der Waals surface area contributed by atoms with Crippen molar-refractivity contribution >= 4 is 28.4 Å². The van der Waals surface area contributed by atoms with Crippen molar-refractivity contribution < 1.29 is 41.2 Å². The third-order valence-corrected chi connectivity index (χ3v) is 3.96. The Kier molecular flexibility index (Phi) is 5.66. The molecule has 0 spiro atoms. The number of rotatable bonds is 7. The van der Waals surface area contributed by atoms with E-state index in [-0.39, 0.29) is 26.0 Å². The highest BCUT2D eigenvalue weighted by atomic mass is 32.3. The average molecular weight is 382 g/mol. The summed E-state index contributed by atoms with van der Waals surface area (Å²) in [6, 6.07) is -2.35. The van der Waals surface area contributed by atoms with Crippen LogP contribution < -0.4 is 11.2 Å². The molecule has 2 heterocycles. The normalized spacial score (nSPS) is 24.2. The number of piperidine rings is 1. The van der Waals surface area contributed by atoms with Crippen LogP contribution in [0.4, 0.5) is 9.59 Å². The summed E-state index contributed by atoms with van der Waals surface area (Å²) in [5.41, 5.74) is 6.96. The van der Waals surface area contributed by atoms with Gasteiger partial charge in [0.15, 0.2) is 0 Å². The molecule has 0 aromatic rings. The first-order chi connectivity index (χ1) is 11.6. The van der Waals surface area contributed by atoms with Gasteiger partial charge >= 0.3 is 22.5 Å². The number of nitrogens with one attached hydrogen (secondary N) is 1. The van der Waals surface area contributed by atoms with Gasteiger partial charge in [-0.15, -0.1) is 4.28 Å². The first kappa shape index (κ1) is 19.2. The monoisotopic (exact) mass is 382 g/mol. The van der Waals surface area contributed by atoms with E-state index in [2.05, 4.69) is 14.5 Å². The number of nitrogens with zero attached hydrogens (tertiary/aromatic N) is 2. The Labute approximate surface area is 142 Å². The van der Waals surface area contributed by atoms with Crippen LogP contribution in [0, 0.1) is 0 Å². The van der Waals surface area contributed by atoms with Gasteiger partial charge in [0.2, 0.25) is 0 Å². The summed E-state index contributed by atoms with van der Waals surface area (Å²) in [5, 5.41) is 0.534. The van der Waals surface area contributed by atoms with Gasteiger partial charge in [-0.2, -0.15) is 13.5 Å². The van der Waals surface area contributed by atoms with Gasteiger partial charge in [0.1, 0.15) is 18.8 Å². The van der Waals surface area contributed by atoms with Gasteiger partial charge in [-0.3, -0.25) is 14.2 Å². The maximum atomic E-state index is 12.1. The van der Waals surface area contributed by atoms with Crippen molar-refractivity contribution in [2.75, 3.05) is 13.2 Å². The van der Waals surface area contributed by atoms with E-state index in [1.807, 2.05) is 0 Å². The highest BCUT2D eigenvalue weighted by molar-refractivity contribution is 7.80. The molecule has 2 fully saturated rings. The molecular formula is C11H18N4O9S. The van der Waals surface area contributed by atoms with Crippen LogP contribution in [0.1, 0.15) is 19.8 Å². The van der Waals surface area contributed by atoms with Gasteiger partial charge in [-0.05, 0) is 19.8 Å².